The van der Waals surface area contributed by atoms with Gasteiger partial charge >= 0.3 is 0 Å². The molecule has 1 fully saturated rings. The zero-order chi connectivity index (χ0) is 12.6. The van der Waals surface area contributed by atoms with Crippen LogP contribution in [0, 0.1) is 11.6 Å². The minimum Gasteiger partial charge on any atom is -0.336 e. The number of hydrogen-bond acceptors (Lipinski definition) is 1. The Bertz CT molecular complexity index is 466. The van der Waals surface area contributed by atoms with Crippen molar-refractivity contribution in [2.75, 3.05) is 13.1 Å². The van der Waals surface area contributed by atoms with Crippen LogP contribution in [0.25, 0.3) is 0 Å². The molecular weight excluding hydrogens is 299 g/mol. The Morgan fingerprint density at radius 2 is 2.06 bits per heavy atom. The maximum Gasteiger partial charge on any atom is 0.257 e. The molecule has 0 aliphatic carbocycles. The molecular formula is C11H9BrF3NO. The molecule has 0 saturated carbocycles. The molecule has 17 heavy (non-hydrogen) atoms. The lowest BCUT2D eigenvalue weighted by molar-refractivity contribution is 0.0777. The highest BCUT2D eigenvalue weighted by atomic mass is 79.9. The SMILES string of the molecule is O=C(c1ccc(Br)c(F)c1F)N1CCC(F)C1. The summed E-state index contributed by atoms with van der Waals surface area (Å²) in [6.45, 7) is 0.174. The van der Waals surface area contributed by atoms with Gasteiger partial charge in [-0.2, -0.15) is 0 Å². The lowest BCUT2D eigenvalue weighted by Crippen LogP contribution is -2.29. The van der Waals surface area contributed by atoms with Crippen molar-refractivity contribution in [3.63, 3.8) is 0 Å². The molecule has 0 bridgehead atoms. The lowest BCUT2D eigenvalue weighted by Gasteiger charge is -2.15. The van der Waals surface area contributed by atoms with Crippen molar-refractivity contribution in [3.05, 3.63) is 33.8 Å². The Labute approximate surface area is 105 Å². The van der Waals surface area contributed by atoms with E-state index in [1.165, 1.54) is 17.0 Å². The fourth-order valence-electron chi connectivity index (χ4n) is 1.76. The number of nitrogens with zero attached hydrogens (tertiary/aromatic N) is 1. The molecule has 1 aliphatic rings. The zero-order valence-corrected chi connectivity index (χ0v) is 10.3. The highest BCUT2D eigenvalue weighted by molar-refractivity contribution is 9.10. The summed E-state index contributed by atoms with van der Waals surface area (Å²) < 4.78 is 39.6. The number of carbonyl (C=O) groups is 1. The van der Waals surface area contributed by atoms with Gasteiger partial charge in [-0.25, -0.2) is 13.2 Å². The third-order valence-corrected chi connectivity index (χ3v) is 3.30. The van der Waals surface area contributed by atoms with E-state index < -0.39 is 23.7 Å². The van der Waals surface area contributed by atoms with Crippen LogP contribution in [0.2, 0.25) is 0 Å². The normalized spacial score (nSPS) is 19.8. The van der Waals surface area contributed by atoms with E-state index in [2.05, 4.69) is 15.9 Å². The largest absolute Gasteiger partial charge is 0.336 e. The van der Waals surface area contributed by atoms with E-state index in [0.717, 1.165) is 0 Å². The summed E-state index contributed by atoms with van der Waals surface area (Å²) in [5.74, 6) is -2.98. The van der Waals surface area contributed by atoms with Gasteiger partial charge in [-0.3, -0.25) is 4.79 Å². The van der Waals surface area contributed by atoms with E-state index >= 15 is 0 Å². The van der Waals surface area contributed by atoms with Crippen LogP contribution in [0.1, 0.15) is 16.8 Å². The molecule has 1 atom stereocenters. The van der Waals surface area contributed by atoms with Crippen LogP contribution < -0.4 is 0 Å². The molecule has 1 unspecified atom stereocenters. The lowest BCUT2D eigenvalue weighted by atomic mass is 10.2. The maximum atomic E-state index is 13.5. The standard InChI is InChI=1S/C11H9BrF3NO/c12-8-2-1-7(9(14)10(8)15)11(17)16-4-3-6(13)5-16/h1-2,6H,3-5H2. The average molecular weight is 308 g/mol. The van der Waals surface area contributed by atoms with Crippen LogP contribution in [0.4, 0.5) is 13.2 Å². The van der Waals surface area contributed by atoms with E-state index in [-0.39, 0.29) is 29.5 Å². The number of carbonyl (C=O) groups excluding carboxylic acids is 1. The van der Waals surface area contributed by atoms with E-state index in [1.54, 1.807) is 0 Å². The minimum atomic E-state index is -1.20. The Balaban J connectivity index is 2.29. The van der Waals surface area contributed by atoms with Crippen LogP contribution in [0.5, 0.6) is 0 Å². The number of benzene rings is 1. The van der Waals surface area contributed by atoms with Crippen molar-refractivity contribution in [3.8, 4) is 0 Å². The molecule has 1 aromatic rings. The molecule has 0 spiro atoms. The molecule has 92 valence electrons. The summed E-state index contributed by atoms with van der Waals surface area (Å²) in [6, 6.07) is 2.45. The number of halogens is 4. The van der Waals surface area contributed by atoms with Crippen LogP contribution in [-0.2, 0) is 0 Å². The monoisotopic (exact) mass is 307 g/mol. The van der Waals surface area contributed by atoms with Gasteiger partial charge in [0.05, 0.1) is 16.6 Å². The summed E-state index contributed by atoms with van der Waals surface area (Å²) in [6.07, 6.45) is -0.839. The second kappa shape index (κ2) is 4.68. The molecule has 0 radical (unpaired) electrons. The molecule has 1 aromatic carbocycles. The molecule has 0 aromatic heterocycles. The molecule has 6 heteroatoms. The van der Waals surface area contributed by atoms with Gasteiger partial charge in [0.25, 0.3) is 5.91 Å². The molecule has 0 N–H and O–H groups in total. The molecule has 2 rings (SSSR count). The summed E-state index contributed by atoms with van der Waals surface area (Å²) >= 11 is 2.82. The van der Waals surface area contributed by atoms with Gasteiger partial charge in [-0.05, 0) is 34.5 Å². The first-order valence-electron chi connectivity index (χ1n) is 5.07. The van der Waals surface area contributed by atoms with Gasteiger partial charge in [0, 0.05) is 6.54 Å². The van der Waals surface area contributed by atoms with Crippen molar-refractivity contribution in [1.82, 2.24) is 4.90 Å². The van der Waals surface area contributed by atoms with Gasteiger partial charge < -0.3 is 4.90 Å². The number of hydrogen-bond donors (Lipinski definition) is 0. The van der Waals surface area contributed by atoms with Crippen molar-refractivity contribution in [1.29, 1.82) is 0 Å². The van der Waals surface area contributed by atoms with Crippen molar-refractivity contribution < 1.29 is 18.0 Å². The zero-order valence-electron chi connectivity index (χ0n) is 8.72. The highest BCUT2D eigenvalue weighted by Crippen LogP contribution is 2.23. The third-order valence-electron chi connectivity index (χ3n) is 2.68. The maximum absolute atomic E-state index is 13.5. The van der Waals surface area contributed by atoms with Crippen molar-refractivity contribution >= 4 is 21.8 Å². The summed E-state index contributed by atoms with van der Waals surface area (Å²) in [5.41, 5.74) is -0.361. The Hall–Kier alpha value is -1.04. The van der Waals surface area contributed by atoms with Gasteiger partial charge in [-0.1, -0.05) is 0 Å². The molecule has 1 aliphatic heterocycles. The third kappa shape index (κ3) is 2.31. The number of rotatable bonds is 1. The predicted molar refractivity (Wildman–Crippen MR) is 59.5 cm³/mol. The smallest absolute Gasteiger partial charge is 0.257 e. The van der Waals surface area contributed by atoms with Crippen LogP contribution in [0.15, 0.2) is 16.6 Å². The summed E-state index contributed by atoms with van der Waals surface area (Å²) in [5, 5.41) is 0. The molecule has 2 nitrogen and oxygen atoms in total. The second-order valence-corrected chi connectivity index (χ2v) is 4.71. The predicted octanol–water partition coefficient (Wildman–Crippen LogP) is 2.91. The Morgan fingerprint density at radius 1 is 1.35 bits per heavy atom. The Kier molecular flexibility index (Phi) is 3.42. The molecule has 1 saturated heterocycles. The van der Waals surface area contributed by atoms with E-state index in [4.69, 9.17) is 0 Å². The quantitative estimate of drug-likeness (QED) is 0.731. The van der Waals surface area contributed by atoms with Gasteiger partial charge in [0.1, 0.15) is 6.17 Å². The van der Waals surface area contributed by atoms with Crippen molar-refractivity contribution in [2.24, 2.45) is 0 Å². The number of alkyl halides is 1. The first-order valence-corrected chi connectivity index (χ1v) is 5.87. The van der Waals surface area contributed by atoms with Gasteiger partial charge in [0.15, 0.2) is 11.6 Å². The topological polar surface area (TPSA) is 20.3 Å². The highest BCUT2D eigenvalue weighted by Gasteiger charge is 2.29. The van der Waals surface area contributed by atoms with E-state index in [1.807, 2.05) is 0 Å². The number of likely N-dealkylation sites (tertiary alicyclic amines) is 1. The van der Waals surface area contributed by atoms with Crippen LogP contribution >= 0.6 is 15.9 Å². The van der Waals surface area contributed by atoms with Gasteiger partial charge in [-0.15, -0.1) is 0 Å². The van der Waals surface area contributed by atoms with E-state index in [0.29, 0.717) is 0 Å². The van der Waals surface area contributed by atoms with Crippen molar-refractivity contribution in [2.45, 2.75) is 12.6 Å². The van der Waals surface area contributed by atoms with Crippen LogP contribution in [0.3, 0.4) is 0 Å². The summed E-state index contributed by atoms with van der Waals surface area (Å²) in [4.78, 5) is 13.0. The first kappa shape index (κ1) is 12.4. The van der Waals surface area contributed by atoms with Gasteiger partial charge in [0.2, 0.25) is 0 Å². The van der Waals surface area contributed by atoms with E-state index in [9.17, 15) is 18.0 Å². The average Bonchev–Trinajstić information content (AvgIpc) is 2.72. The minimum absolute atomic E-state index is 0.0451. The first-order chi connectivity index (χ1) is 8.00. The fraction of sp³-hybridized carbons (Fsp3) is 0.364. The Morgan fingerprint density at radius 3 is 2.65 bits per heavy atom. The summed E-state index contributed by atoms with van der Waals surface area (Å²) in [7, 11) is 0. The van der Waals surface area contributed by atoms with Crippen LogP contribution in [-0.4, -0.2) is 30.1 Å². The fourth-order valence-corrected chi connectivity index (χ4v) is 2.07. The number of amides is 1. The second-order valence-electron chi connectivity index (χ2n) is 3.86. The molecule has 1 heterocycles. The molecule has 1 amide bonds.